The molecule has 0 atom stereocenters. The number of allylic oxidation sites excluding steroid dienone is 1. The maximum atomic E-state index is 12.2. The second kappa shape index (κ2) is 8.09. The zero-order valence-corrected chi connectivity index (χ0v) is 16.5. The Morgan fingerprint density at radius 3 is 2.48 bits per heavy atom. The monoisotopic (exact) mass is 361 g/mol. The number of ketones is 1. The Labute approximate surface area is 154 Å². The molecule has 1 aromatic rings. The molecule has 1 amide bonds. The van der Waals surface area contributed by atoms with Gasteiger partial charge in [0.05, 0.1) is 17.4 Å². The van der Waals surface area contributed by atoms with Crippen molar-refractivity contribution in [1.29, 1.82) is 0 Å². The molecule has 136 valence electrons. The van der Waals surface area contributed by atoms with Crippen LogP contribution in [0, 0.1) is 19.3 Å². The number of amides is 1. The van der Waals surface area contributed by atoms with Crippen molar-refractivity contribution in [2.24, 2.45) is 5.41 Å². The van der Waals surface area contributed by atoms with Gasteiger partial charge in [0.15, 0.2) is 5.78 Å². The smallest absolute Gasteiger partial charge is 0.237 e. The van der Waals surface area contributed by atoms with Gasteiger partial charge in [-0.3, -0.25) is 9.59 Å². The first-order valence-electron chi connectivity index (χ1n) is 8.57. The van der Waals surface area contributed by atoms with Gasteiger partial charge in [-0.1, -0.05) is 38.6 Å². The Bertz CT molecular complexity index is 668. The molecule has 0 radical (unpaired) electrons. The van der Waals surface area contributed by atoms with Gasteiger partial charge in [0.25, 0.3) is 0 Å². The maximum absolute atomic E-state index is 12.2. The lowest BCUT2D eigenvalue weighted by molar-refractivity contribution is -0.125. The molecule has 0 aromatic heterocycles. The fraction of sp³-hybridized carbons (Fsp3) is 0.500. The van der Waals surface area contributed by atoms with E-state index in [1.807, 2.05) is 46.8 Å². The second-order valence-corrected chi connectivity index (χ2v) is 8.45. The van der Waals surface area contributed by atoms with E-state index in [9.17, 15) is 9.59 Å². The molecule has 1 saturated heterocycles. The zero-order chi connectivity index (χ0) is 18.6. The number of ether oxygens (including phenoxy) is 1. The molecule has 4 nitrogen and oxygen atoms in total. The third-order valence-electron chi connectivity index (χ3n) is 3.89. The number of carbonyl (C=O) groups excluding carboxylic acids is 2. The van der Waals surface area contributed by atoms with Crippen molar-refractivity contribution >= 4 is 23.5 Å². The third kappa shape index (κ3) is 5.63. The quantitative estimate of drug-likeness (QED) is 0.565. The van der Waals surface area contributed by atoms with Crippen LogP contribution in [0.2, 0.25) is 0 Å². The van der Waals surface area contributed by atoms with Gasteiger partial charge in [0, 0.05) is 18.0 Å². The Morgan fingerprint density at radius 2 is 1.88 bits per heavy atom. The van der Waals surface area contributed by atoms with Crippen LogP contribution in [-0.4, -0.2) is 35.5 Å². The van der Waals surface area contributed by atoms with Crippen LogP contribution in [0.3, 0.4) is 0 Å². The number of hydrogen-bond acceptors (Lipinski definition) is 4. The summed E-state index contributed by atoms with van der Waals surface area (Å²) in [6.45, 7) is 10.9. The number of nitrogens with zero attached hydrogens (tertiary/aromatic N) is 1. The van der Waals surface area contributed by atoms with E-state index in [2.05, 4.69) is 6.07 Å². The normalized spacial score (nSPS) is 16.6. The summed E-state index contributed by atoms with van der Waals surface area (Å²) in [6.07, 6.45) is 2.33. The molecule has 0 aliphatic carbocycles. The first-order chi connectivity index (χ1) is 11.7. The first-order valence-corrected chi connectivity index (χ1v) is 9.56. The molecule has 0 bridgehead atoms. The lowest BCUT2D eigenvalue weighted by Crippen LogP contribution is -2.28. The third-order valence-corrected chi connectivity index (χ3v) is 4.92. The van der Waals surface area contributed by atoms with E-state index in [-0.39, 0.29) is 11.7 Å². The van der Waals surface area contributed by atoms with Crippen molar-refractivity contribution in [3.8, 4) is 5.75 Å². The Kier molecular flexibility index (Phi) is 6.33. The summed E-state index contributed by atoms with van der Waals surface area (Å²) >= 11 is 1.44. The predicted octanol–water partition coefficient (Wildman–Crippen LogP) is 4.10. The number of aryl methyl sites for hydroxylation is 2. The number of carbonyl (C=O) groups is 2. The molecule has 0 unspecified atom stereocenters. The molecule has 0 N–H and O–H groups in total. The number of thioether (sulfide) groups is 1. The van der Waals surface area contributed by atoms with E-state index in [1.165, 1.54) is 22.9 Å². The molecule has 0 saturated carbocycles. The summed E-state index contributed by atoms with van der Waals surface area (Å²) in [5.41, 5.74) is 1.91. The summed E-state index contributed by atoms with van der Waals surface area (Å²) in [5, 5.41) is 0.760. The number of hydrogen-bond donors (Lipinski definition) is 0. The SMILES string of the molecule is Cc1cc(C)cc(OCCCN2C(=O)CS/C2=C\C(=O)C(C)(C)C)c1. The molecule has 25 heavy (non-hydrogen) atoms. The van der Waals surface area contributed by atoms with Crippen LogP contribution in [0.15, 0.2) is 29.3 Å². The van der Waals surface area contributed by atoms with Crippen LogP contribution in [0.5, 0.6) is 5.75 Å². The van der Waals surface area contributed by atoms with Gasteiger partial charge < -0.3 is 9.64 Å². The van der Waals surface area contributed by atoms with Gasteiger partial charge in [-0.05, 0) is 43.5 Å². The molecule has 5 heteroatoms. The van der Waals surface area contributed by atoms with Crippen LogP contribution in [0.1, 0.15) is 38.3 Å². The Morgan fingerprint density at radius 1 is 1.24 bits per heavy atom. The summed E-state index contributed by atoms with van der Waals surface area (Å²) in [4.78, 5) is 26.0. The van der Waals surface area contributed by atoms with Crippen LogP contribution in [0.25, 0.3) is 0 Å². The van der Waals surface area contributed by atoms with Crippen molar-refractivity contribution < 1.29 is 14.3 Å². The summed E-state index contributed by atoms with van der Waals surface area (Å²) in [5.74, 6) is 1.37. The van der Waals surface area contributed by atoms with Crippen LogP contribution >= 0.6 is 11.8 Å². The van der Waals surface area contributed by atoms with E-state index in [0.717, 1.165) is 17.2 Å². The lowest BCUT2D eigenvalue weighted by atomic mass is 9.91. The maximum Gasteiger partial charge on any atom is 0.237 e. The molecule has 1 fully saturated rings. The standard InChI is InChI=1S/C20H27NO3S/c1-14-9-15(2)11-16(10-14)24-8-6-7-21-18(23)13-25-19(21)12-17(22)20(3,4)5/h9-12H,6-8,13H2,1-5H3/b19-12-. The summed E-state index contributed by atoms with van der Waals surface area (Å²) in [6, 6.07) is 6.13. The van der Waals surface area contributed by atoms with Crippen LogP contribution < -0.4 is 4.74 Å². The Balaban J connectivity index is 1.90. The van der Waals surface area contributed by atoms with Crippen LogP contribution in [0.4, 0.5) is 0 Å². The van der Waals surface area contributed by atoms with E-state index in [1.54, 1.807) is 11.0 Å². The van der Waals surface area contributed by atoms with Crippen molar-refractivity contribution in [1.82, 2.24) is 4.90 Å². The highest BCUT2D eigenvalue weighted by Crippen LogP contribution is 2.30. The lowest BCUT2D eigenvalue weighted by Gasteiger charge is -2.19. The minimum atomic E-state index is -0.434. The van der Waals surface area contributed by atoms with Gasteiger partial charge in [-0.15, -0.1) is 0 Å². The van der Waals surface area contributed by atoms with Crippen molar-refractivity contribution in [3.05, 3.63) is 40.4 Å². The molecule has 2 rings (SSSR count). The highest BCUT2D eigenvalue weighted by atomic mass is 32.2. The minimum absolute atomic E-state index is 0.0428. The highest BCUT2D eigenvalue weighted by Gasteiger charge is 2.29. The molecule has 1 aliphatic rings. The predicted molar refractivity (Wildman–Crippen MR) is 103 cm³/mol. The number of benzene rings is 1. The molecule has 1 heterocycles. The molecule has 1 aliphatic heterocycles. The largest absolute Gasteiger partial charge is 0.494 e. The summed E-state index contributed by atoms with van der Waals surface area (Å²) in [7, 11) is 0. The van der Waals surface area contributed by atoms with Crippen LogP contribution in [-0.2, 0) is 9.59 Å². The topological polar surface area (TPSA) is 46.6 Å². The molecule has 1 aromatic carbocycles. The van der Waals surface area contributed by atoms with E-state index in [0.29, 0.717) is 18.9 Å². The van der Waals surface area contributed by atoms with Gasteiger partial charge in [0.1, 0.15) is 5.75 Å². The van der Waals surface area contributed by atoms with E-state index in [4.69, 9.17) is 4.74 Å². The zero-order valence-electron chi connectivity index (χ0n) is 15.7. The van der Waals surface area contributed by atoms with Gasteiger partial charge in [-0.25, -0.2) is 0 Å². The average Bonchev–Trinajstić information content (AvgIpc) is 2.82. The van der Waals surface area contributed by atoms with Gasteiger partial charge >= 0.3 is 0 Å². The van der Waals surface area contributed by atoms with Crippen molar-refractivity contribution in [2.45, 2.75) is 41.0 Å². The fourth-order valence-electron chi connectivity index (χ4n) is 2.53. The molecular weight excluding hydrogens is 334 g/mol. The van der Waals surface area contributed by atoms with Gasteiger partial charge in [-0.2, -0.15) is 0 Å². The Hall–Kier alpha value is -1.75. The van der Waals surface area contributed by atoms with Crippen molar-refractivity contribution in [3.63, 3.8) is 0 Å². The molecular formula is C20H27NO3S. The summed E-state index contributed by atoms with van der Waals surface area (Å²) < 4.78 is 5.80. The number of rotatable bonds is 6. The average molecular weight is 362 g/mol. The van der Waals surface area contributed by atoms with E-state index >= 15 is 0 Å². The van der Waals surface area contributed by atoms with Crippen molar-refractivity contribution in [2.75, 3.05) is 18.9 Å². The van der Waals surface area contributed by atoms with Gasteiger partial charge in [0.2, 0.25) is 5.91 Å². The second-order valence-electron chi connectivity index (χ2n) is 7.46. The molecule has 0 spiro atoms. The first kappa shape index (κ1) is 19.6. The minimum Gasteiger partial charge on any atom is -0.494 e. The van der Waals surface area contributed by atoms with E-state index < -0.39 is 5.41 Å². The fourth-order valence-corrected chi connectivity index (χ4v) is 3.49. The highest BCUT2D eigenvalue weighted by molar-refractivity contribution is 8.04.